The molecule has 0 spiro atoms. The van der Waals surface area contributed by atoms with Crippen molar-refractivity contribution in [2.75, 3.05) is 34.6 Å². The summed E-state index contributed by atoms with van der Waals surface area (Å²) in [5, 5.41) is 26.8. The zero-order chi connectivity index (χ0) is 87.5. The lowest BCUT2D eigenvalue weighted by Crippen LogP contribution is -2.15. The van der Waals surface area contributed by atoms with Crippen LogP contribution in [0.4, 0.5) is 45.5 Å². The van der Waals surface area contributed by atoms with E-state index in [2.05, 4.69) is 58.2 Å². The molecule has 0 aliphatic heterocycles. The molecule has 17 aromatic rings. The molecule has 30 nitrogen and oxygen atoms in total. The van der Waals surface area contributed by atoms with Crippen molar-refractivity contribution in [3.8, 4) is 0 Å². The van der Waals surface area contributed by atoms with E-state index in [1.807, 2.05) is 98.8 Å². The first-order valence-electron chi connectivity index (χ1n) is 36.6. The number of nitro groups is 2. The third-order valence-electron chi connectivity index (χ3n) is 17.7. The summed E-state index contributed by atoms with van der Waals surface area (Å²) in [5.41, 5.74) is 7.50. The van der Waals surface area contributed by atoms with Gasteiger partial charge < -0.3 is 0 Å². The van der Waals surface area contributed by atoms with Gasteiger partial charge in [0.25, 0.3) is 61.5 Å². The second-order valence-corrected chi connectivity index (χ2v) is 36.7. The molecule has 0 radical (unpaired) electrons. The molecule has 6 heterocycles. The normalized spacial score (nSPS) is 11.4. The number of hydrogen-bond donors (Lipinski definition) is 6. The summed E-state index contributed by atoms with van der Waals surface area (Å²) < 4.78 is 161. The molecule has 0 atom stereocenters. The van der Waals surface area contributed by atoms with Crippen molar-refractivity contribution >= 4 is 171 Å². The van der Waals surface area contributed by atoms with Crippen LogP contribution in [0.2, 0.25) is 0 Å². The number of nitrogens with zero attached hydrogens (tertiary/aromatic N) is 8. The number of aromatic nitrogens is 6. The van der Waals surface area contributed by atoms with E-state index in [1.165, 1.54) is 30.3 Å². The first-order valence-corrected chi connectivity index (χ1v) is 45.9. The van der Waals surface area contributed by atoms with Gasteiger partial charge in [-0.15, -0.1) is 0 Å². The topological polar surface area (TPSA) is 441 Å². The summed E-state index contributed by atoms with van der Waals surface area (Å²) in [5.74, 6) is 0. The molecule has 11 aromatic carbocycles. The molecule has 36 heteroatoms. The number of nitro benzene ring substituents is 2. The number of non-ortho nitro benzene ring substituents is 1. The monoisotopic (exact) mass is 1760 g/mol. The van der Waals surface area contributed by atoms with Gasteiger partial charge in [0.05, 0.1) is 103 Å². The number of para-hydroxylation sites is 7. The highest BCUT2D eigenvalue weighted by atomic mass is 32.2. The molecule has 622 valence electrons. The average Bonchev–Trinajstić information content (AvgIpc) is 0.797. The Morgan fingerprint density at radius 1 is 0.244 bits per heavy atom. The molecule has 0 fully saturated rings. The van der Waals surface area contributed by atoms with Gasteiger partial charge >= 0.3 is 0 Å². The number of hydrogen-bond acceptors (Lipinski definition) is 22. The van der Waals surface area contributed by atoms with Crippen molar-refractivity contribution in [1.82, 2.24) is 29.9 Å². The van der Waals surface area contributed by atoms with Crippen LogP contribution in [0, 0.1) is 34.1 Å². The number of aryl methyl sites for hydroxylation is 2. The van der Waals surface area contributed by atoms with Gasteiger partial charge in [0.15, 0.2) is 4.90 Å². The Hall–Kier alpha value is -14.8. The maximum absolute atomic E-state index is 12.5. The van der Waals surface area contributed by atoms with E-state index in [0.29, 0.717) is 61.5 Å². The van der Waals surface area contributed by atoms with Gasteiger partial charge in [-0.1, -0.05) is 175 Å². The van der Waals surface area contributed by atoms with E-state index in [1.54, 1.807) is 213 Å². The molecule has 0 saturated heterocycles. The number of anilines is 6. The van der Waals surface area contributed by atoms with Gasteiger partial charge in [-0.25, -0.2) is 50.5 Å². The van der Waals surface area contributed by atoms with Crippen LogP contribution in [0.1, 0.15) is 11.1 Å². The molecule has 0 amide bonds. The van der Waals surface area contributed by atoms with Crippen molar-refractivity contribution in [3.63, 3.8) is 0 Å². The van der Waals surface area contributed by atoms with Gasteiger partial charge in [0, 0.05) is 87.7 Å². The van der Waals surface area contributed by atoms with Crippen LogP contribution >= 0.6 is 0 Å². The molecular formula is C87H72N14O16S6. The average molecular weight is 1760 g/mol. The van der Waals surface area contributed by atoms with Gasteiger partial charge in [-0.2, -0.15) is 0 Å². The largest absolute Gasteiger partial charge is 0.289 e. The molecule has 6 aromatic heterocycles. The smallest absolute Gasteiger partial charge is 0.282 e. The highest BCUT2D eigenvalue weighted by Crippen LogP contribution is 2.32. The van der Waals surface area contributed by atoms with Gasteiger partial charge in [-0.05, 0) is 141 Å². The van der Waals surface area contributed by atoms with Crippen LogP contribution in [0.5, 0.6) is 0 Å². The van der Waals surface area contributed by atoms with Crippen molar-refractivity contribution in [3.05, 3.63) is 378 Å². The Morgan fingerprint density at radius 3 is 0.748 bits per heavy atom. The molecule has 0 aliphatic carbocycles. The Labute approximate surface area is 707 Å². The zero-order valence-corrected chi connectivity index (χ0v) is 69.9. The summed E-state index contributed by atoms with van der Waals surface area (Å²) >= 11 is 0. The standard InChI is InChI=1S/2C16H14N2O2S.2C15H11N3O4S.C15H12N2O2S.C10H10N2O2S/c2*1-12-7-9-14(10-8-12)21(19,20)18-15-6-2-4-13-5-3-11-17-16(13)15;19-18(20)12-6-8-13(9-7-12)23(21,22)17-14-5-1-3-11-4-2-10-16-15(11)14;19-18(20)13-8-1-2-9-14(13)23(21,22)17-12-7-3-5-11-6-4-10-16-15(11)12;18-20(19,13-8-2-1-3-9-13)17-14-10-4-6-12-7-5-11-16-15(12)14;1-15(13,14)12-9-6-2-4-8-5-3-7-11-10(8)9/h2*2-11,18H,1H3;2*1-10,17H;1-11,17H;2-7,12H,1H3. The van der Waals surface area contributed by atoms with Gasteiger partial charge in [0.1, 0.15) is 0 Å². The summed E-state index contributed by atoms with van der Waals surface area (Å²) in [6.07, 6.45) is 10.8. The van der Waals surface area contributed by atoms with E-state index in [9.17, 15) is 70.7 Å². The van der Waals surface area contributed by atoms with E-state index in [-0.39, 0.29) is 31.0 Å². The van der Waals surface area contributed by atoms with Crippen molar-refractivity contribution in [1.29, 1.82) is 0 Å². The third kappa shape index (κ3) is 22.8. The highest BCUT2D eigenvalue weighted by Gasteiger charge is 2.27. The van der Waals surface area contributed by atoms with Crippen molar-refractivity contribution < 1.29 is 60.4 Å². The molecule has 17 rings (SSSR count). The predicted octanol–water partition coefficient (Wildman–Crippen LogP) is 17.2. The van der Waals surface area contributed by atoms with Crippen molar-refractivity contribution in [2.24, 2.45) is 0 Å². The number of rotatable bonds is 19. The molecule has 0 saturated carbocycles. The van der Waals surface area contributed by atoms with Crippen molar-refractivity contribution in [2.45, 2.75) is 38.3 Å². The number of benzene rings is 11. The maximum Gasteiger partial charge on any atom is 0.289 e. The minimum Gasteiger partial charge on any atom is -0.282 e. The molecule has 0 aliphatic rings. The van der Waals surface area contributed by atoms with Gasteiger partial charge in [-0.3, -0.25) is 78.5 Å². The van der Waals surface area contributed by atoms with Crippen LogP contribution in [0.15, 0.2) is 371 Å². The minimum absolute atomic E-state index is 0.0592. The Balaban J connectivity index is 0.000000135. The first kappa shape index (κ1) is 87.5. The predicted molar refractivity (Wildman–Crippen MR) is 478 cm³/mol. The second kappa shape index (κ2) is 38.5. The number of pyridine rings is 6. The number of nitrogens with one attached hydrogen (secondary N) is 6. The first-order chi connectivity index (χ1) is 58.8. The molecule has 0 bridgehead atoms. The Morgan fingerprint density at radius 2 is 0.480 bits per heavy atom. The van der Waals surface area contributed by atoms with Crippen LogP contribution in [0.25, 0.3) is 65.4 Å². The summed E-state index contributed by atoms with van der Waals surface area (Å²) in [4.78, 5) is 45.8. The van der Waals surface area contributed by atoms with E-state index < -0.39 is 80.6 Å². The number of sulfonamides is 6. The van der Waals surface area contributed by atoms with Gasteiger partial charge in [0.2, 0.25) is 10.0 Å². The SMILES string of the molecule is CS(=O)(=O)Nc1cccc2cccnc12.Cc1ccc(S(=O)(=O)Nc2cccc3cccnc23)cc1.Cc1ccc(S(=O)(=O)Nc2cccc3cccnc23)cc1.O=S(=O)(Nc1cccc2cccnc12)c1ccccc1.O=[N+]([O-])c1ccc(S(=O)(=O)Nc2cccc3cccnc23)cc1.O=[N+]([O-])c1ccccc1S(=O)(=O)Nc1cccc2cccnc12. The fourth-order valence-electron chi connectivity index (χ4n) is 12.0. The lowest BCUT2D eigenvalue weighted by molar-refractivity contribution is -0.387. The highest BCUT2D eigenvalue weighted by molar-refractivity contribution is 7.94. The number of fused-ring (bicyclic) bond motifs is 6. The second-order valence-electron chi connectivity index (χ2n) is 26.6. The molecular weight excluding hydrogens is 1690 g/mol. The van der Waals surface area contributed by atoms with E-state index in [0.717, 1.165) is 67.9 Å². The fourth-order valence-corrected chi connectivity index (χ4v) is 18.0. The summed E-state index contributed by atoms with van der Waals surface area (Å²) in [6.45, 7) is 3.83. The Kier molecular flexibility index (Phi) is 27.4. The van der Waals surface area contributed by atoms with Crippen LogP contribution in [-0.2, 0) is 60.1 Å². The molecule has 6 N–H and O–H groups in total. The fraction of sp³-hybridized carbons (Fsp3) is 0.0345. The van der Waals surface area contributed by atoms with Crippen LogP contribution in [-0.4, -0.2) is 96.5 Å². The Bertz CT molecular complexity index is 7310. The van der Waals surface area contributed by atoms with Crippen LogP contribution in [0.3, 0.4) is 0 Å². The lowest BCUT2D eigenvalue weighted by atomic mass is 10.2. The summed E-state index contributed by atoms with van der Waals surface area (Å²) in [6, 6.07) is 85.3. The quantitative estimate of drug-likeness (QED) is 0.0323. The van der Waals surface area contributed by atoms with E-state index >= 15 is 0 Å². The van der Waals surface area contributed by atoms with Crippen LogP contribution < -0.4 is 28.3 Å². The summed E-state index contributed by atoms with van der Waals surface area (Å²) in [7, 11) is -22.0. The lowest BCUT2D eigenvalue weighted by Gasteiger charge is -2.10. The molecule has 123 heavy (non-hydrogen) atoms. The zero-order valence-electron chi connectivity index (χ0n) is 65.0. The van der Waals surface area contributed by atoms with E-state index in [4.69, 9.17) is 0 Å². The third-order valence-corrected chi connectivity index (χ3v) is 25.3. The molecule has 0 unspecified atom stereocenters. The maximum atomic E-state index is 12.5. The minimum atomic E-state index is -4.11.